The van der Waals surface area contributed by atoms with Crippen LogP contribution in [0.4, 0.5) is 10.4 Å². The Morgan fingerprint density at radius 1 is 1.33 bits per heavy atom. The molecule has 0 aliphatic rings. The van der Waals surface area contributed by atoms with Gasteiger partial charge in [-0.2, -0.15) is 0 Å². The fourth-order valence-electron chi connectivity index (χ4n) is 0.706. The monoisotopic (exact) mass is 193 g/mol. The van der Waals surface area contributed by atoms with E-state index in [1.807, 2.05) is 0 Å². The molecule has 0 fully saturated rings. The van der Waals surface area contributed by atoms with Crippen molar-refractivity contribution in [2.45, 2.75) is 0 Å². The van der Waals surface area contributed by atoms with E-state index < -0.39 is 7.60 Å². The van der Waals surface area contributed by atoms with Crippen LogP contribution in [0.3, 0.4) is 0 Å². The van der Waals surface area contributed by atoms with Gasteiger partial charge >= 0.3 is 7.60 Å². The van der Waals surface area contributed by atoms with E-state index >= 15 is 0 Å². The van der Waals surface area contributed by atoms with Crippen LogP contribution in [0.2, 0.25) is 0 Å². The smallest absolute Gasteiger partial charge is 0.356 e. The summed E-state index contributed by atoms with van der Waals surface area (Å²) in [6, 6.07) is 5.68. The van der Waals surface area contributed by atoms with Gasteiger partial charge < -0.3 is 15.5 Å². The molecule has 4 N–H and O–H groups in total. The normalized spacial score (nSPS) is 10.5. The number of nitrogen functional groups attached to an aromatic ring is 1. The van der Waals surface area contributed by atoms with Crippen LogP contribution < -0.4 is 11.0 Å². The van der Waals surface area contributed by atoms with Gasteiger partial charge in [-0.25, -0.2) is 0 Å². The molecule has 4 nitrogen and oxygen atoms in total. The molecule has 0 bridgehead atoms. The Bertz CT molecular complexity index is 311. The maximum atomic E-state index is 10.6. The van der Waals surface area contributed by atoms with Crippen molar-refractivity contribution in [3.05, 3.63) is 24.3 Å². The van der Waals surface area contributed by atoms with Crippen molar-refractivity contribution < 1.29 is 19.1 Å². The zero-order chi connectivity index (χ0) is 8.48. The molecule has 0 saturated heterocycles. The molecule has 12 heavy (non-hydrogen) atoms. The molecule has 0 spiro atoms. The molecular weight excluding hydrogens is 184 g/mol. The first-order valence-electron chi connectivity index (χ1n) is 2.92. The van der Waals surface area contributed by atoms with Crippen molar-refractivity contribution in [3.8, 4) is 0 Å². The van der Waals surface area contributed by atoms with E-state index in [9.17, 15) is 4.57 Å². The summed E-state index contributed by atoms with van der Waals surface area (Å²) in [6.45, 7) is 0. The predicted octanol–water partition coefficient (Wildman–Crippen LogP) is 0.224. The third-order valence-electron chi connectivity index (χ3n) is 1.21. The first kappa shape index (κ1) is 11.1. The molecule has 0 aromatic heterocycles. The van der Waals surface area contributed by atoms with Crippen molar-refractivity contribution in [3.63, 3.8) is 0 Å². The molecule has 0 heterocycles. The van der Waals surface area contributed by atoms with Crippen molar-refractivity contribution in [2.24, 2.45) is 0 Å². The van der Waals surface area contributed by atoms with E-state index in [1.54, 1.807) is 6.07 Å². The summed E-state index contributed by atoms with van der Waals surface area (Å²) >= 11 is 0. The standard InChI is InChI=1S/C6H8NO3P.FH/c7-5-2-1-3-6(4-5)11(8,9)10;/h1-4H,7H2,(H2,8,9,10);1H. The number of anilines is 1. The highest BCUT2D eigenvalue weighted by Crippen LogP contribution is 2.33. The second kappa shape index (κ2) is 3.67. The molecule has 0 saturated carbocycles. The first-order chi connectivity index (χ1) is 5.00. The maximum absolute atomic E-state index is 10.6. The summed E-state index contributed by atoms with van der Waals surface area (Å²) in [7, 11) is -4.13. The molecule has 6 heteroatoms. The Hall–Kier alpha value is -0.900. The molecular formula is C6H9FNO3P. The van der Waals surface area contributed by atoms with Crippen LogP contribution in [0, 0.1) is 0 Å². The highest BCUT2D eigenvalue weighted by molar-refractivity contribution is 7.60. The summed E-state index contributed by atoms with van der Waals surface area (Å²) in [4.78, 5) is 17.3. The van der Waals surface area contributed by atoms with E-state index in [2.05, 4.69) is 0 Å². The molecule has 0 atom stereocenters. The number of halogens is 1. The lowest BCUT2D eigenvalue weighted by atomic mass is 10.3. The SMILES string of the molecule is F.Nc1cccc(P(=O)(O)O)c1. The minimum Gasteiger partial charge on any atom is -0.399 e. The summed E-state index contributed by atoms with van der Waals surface area (Å²) in [5.41, 5.74) is 5.66. The highest BCUT2D eigenvalue weighted by Gasteiger charge is 2.15. The predicted molar refractivity (Wildman–Crippen MR) is 45.0 cm³/mol. The van der Waals surface area contributed by atoms with Gasteiger partial charge in [-0.15, -0.1) is 0 Å². The van der Waals surface area contributed by atoms with E-state index in [1.165, 1.54) is 18.2 Å². The topological polar surface area (TPSA) is 83.6 Å². The van der Waals surface area contributed by atoms with Crippen LogP contribution in [0.25, 0.3) is 0 Å². The largest absolute Gasteiger partial charge is 0.399 e. The van der Waals surface area contributed by atoms with Gasteiger partial charge in [0.2, 0.25) is 0 Å². The van der Waals surface area contributed by atoms with E-state index in [0.29, 0.717) is 5.69 Å². The third kappa shape index (κ3) is 2.62. The van der Waals surface area contributed by atoms with Crippen LogP contribution in [0.5, 0.6) is 0 Å². The Morgan fingerprint density at radius 2 is 1.92 bits per heavy atom. The van der Waals surface area contributed by atoms with Gasteiger partial charge in [0.1, 0.15) is 0 Å². The lowest BCUT2D eigenvalue weighted by Crippen LogP contribution is -2.03. The number of rotatable bonds is 1. The second-order valence-electron chi connectivity index (χ2n) is 2.14. The minimum atomic E-state index is -4.13. The van der Waals surface area contributed by atoms with Crippen LogP contribution in [0.1, 0.15) is 0 Å². The van der Waals surface area contributed by atoms with Crippen LogP contribution in [-0.4, -0.2) is 9.79 Å². The minimum absolute atomic E-state index is 0. The van der Waals surface area contributed by atoms with E-state index in [4.69, 9.17) is 15.5 Å². The van der Waals surface area contributed by atoms with Crippen molar-refractivity contribution in [1.82, 2.24) is 0 Å². The average Bonchev–Trinajstić information content (AvgIpc) is 1.86. The van der Waals surface area contributed by atoms with E-state index in [-0.39, 0.29) is 10.0 Å². The number of benzene rings is 1. The van der Waals surface area contributed by atoms with Crippen molar-refractivity contribution in [1.29, 1.82) is 0 Å². The van der Waals surface area contributed by atoms with Crippen LogP contribution in [-0.2, 0) is 4.57 Å². The molecule has 1 aromatic carbocycles. The summed E-state index contributed by atoms with van der Waals surface area (Å²) in [5, 5.41) is -0.0440. The maximum Gasteiger partial charge on any atom is 0.356 e. The van der Waals surface area contributed by atoms with E-state index in [0.717, 1.165) is 0 Å². The molecule has 0 radical (unpaired) electrons. The molecule has 0 amide bonds. The van der Waals surface area contributed by atoms with Gasteiger partial charge in [0.05, 0.1) is 5.30 Å². The lowest BCUT2D eigenvalue weighted by Gasteiger charge is -2.02. The number of hydrogen-bond donors (Lipinski definition) is 3. The van der Waals surface area contributed by atoms with Gasteiger partial charge in [-0.3, -0.25) is 9.27 Å². The summed E-state index contributed by atoms with van der Waals surface area (Å²) < 4.78 is 10.6. The Morgan fingerprint density at radius 3 is 2.25 bits per heavy atom. The van der Waals surface area contributed by atoms with Gasteiger partial charge in [0.25, 0.3) is 0 Å². The first-order valence-corrected chi connectivity index (χ1v) is 4.53. The fourth-order valence-corrected chi connectivity index (χ4v) is 1.30. The van der Waals surface area contributed by atoms with Gasteiger partial charge in [-0.05, 0) is 18.2 Å². The van der Waals surface area contributed by atoms with Gasteiger partial charge in [-0.1, -0.05) is 6.07 Å². The molecule has 1 aromatic rings. The zero-order valence-electron chi connectivity index (χ0n) is 6.04. The molecule has 0 unspecified atom stereocenters. The molecule has 0 aliphatic heterocycles. The van der Waals surface area contributed by atoms with Crippen molar-refractivity contribution in [2.75, 3.05) is 5.73 Å². The zero-order valence-corrected chi connectivity index (χ0v) is 6.94. The number of nitrogens with two attached hydrogens (primary N) is 1. The number of hydrogen-bond acceptors (Lipinski definition) is 2. The Labute approximate surface area is 68.6 Å². The highest BCUT2D eigenvalue weighted by atomic mass is 31.2. The Balaban J connectivity index is 0.00000121. The lowest BCUT2D eigenvalue weighted by molar-refractivity contribution is 0.387. The molecule has 68 valence electrons. The van der Waals surface area contributed by atoms with Crippen molar-refractivity contribution >= 4 is 18.6 Å². The molecule has 1 rings (SSSR count). The fraction of sp³-hybridized carbons (Fsp3) is 0. The van der Waals surface area contributed by atoms with Gasteiger partial charge in [0, 0.05) is 5.69 Å². The summed E-state index contributed by atoms with van der Waals surface area (Å²) in [5.74, 6) is 0. The Kier molecular flexibility index (Phi) is 3.39. The van der Waals surface area contributed by atoms with Crippen LogP contribution >= 0.6 is 7.60 Å². The summed E-state index contributed by atoms with van der Waals surface area (Å²) in [6.07, 6.45) is 0. The van der Waals surface area contributed by atoms with Crippen LogP contribution in [0.15, 0.2) is 24.3 Å². The third-order valence-corrected chi connectivity index (χ3v) is 2.16. The average molecular weight is 193 g/mol. The second-order valence-corrected chi connectivity index (χ2v) is 3.74. The van der Waals surface area contributed by atoms with Gasteiger partial charge in [0.15, 0.2) is 0 Å². The molecule has 0 aliphatic carbocycles. The quantitative estimate of drug-likeness (QED) is 0.440.